The van der Waals surface area contributed by atoms with Gasteiger partial charge in [0, 0.05) is 19.0 Å². The van der Waals surface area contributed by atoms with Gasteiger partial charge in [0.15, 0.2) is 0 Å². The van der Waals surface area contributed by atoms with Crippen LogP contribution in [0, 0.1) is 5.92 Å². The molecule has 2 fully saturated rings. The lowest BCUT2D eigenvalue weighted by Crippen LogP contribution is -2.54. The van der Waals surface area contributed by atoms with Crippen molar-refractivity contribution in [3.05, 3.63) is 0 Å². The molecule has 0 aromatic rings. The quantitative estimate of drug-likeness (QED) is 0.766. The van der Waals surface area contributed by atoms with Crippen molar-refractivity contribution < 1.29 is 14.7 Å². The van der Waals surface area contributed by atoms with Gasteiger partial charge in [0.2, 0.25) is 5.91 Å². The Bertz CT molecular complexity index is 332. The van der Waals surface area contributed by atoms with Crippen molar-refractivity contribution in [1.82, 2.24) is 10.2 Å². The van der Waals surface area contributed by atoms with Gasteiger partial charge in [0.1, 0.15) is 6.04 Å². The van der Waals surface area contributed by atoms with E-state index in [0.29, 0.717) is 6.42 Å². The lowest BCUT2D eigenvalue weighted by molar-refractivity contribution is -0.149. The van der Waals surface area contributed by atoms with Gasteiger partial charge in [-0.25, -0.2) is 0 Å². The smallest absolute Gasteiger partial charge is 0.321 e. The second kappa shape index (κ2) is 5.69. The minimum absolute atomic E-state index is 0.0554. The van der Waals surface area contributed by atoms with Crippen LogP contribution in [0.4, 0.5) is 0 Å². The van der Waals surface area contributed by atoms with Gasteiger partial charge in [0.05, 0.1) is 0 Å². The Labute approximate surface area is 108 Å². The first-order chi connectivity index (χ1) is 8.59. The van der Waals surface area contributed by atoms with Crippen LogP contribution >= 0.6 is 0 Å². The van der Waals surface area contributed by atoms with E-state index in [0.717, 1.165) is 38.8 Å². The number of carbonyl (C=O) groups is 2. The molecule has 2 saturated heterocycles. The van der Waals surface area contributed by atoms with Crippen LogP contribution in [0.25, 0.3) is 0 Å². The highest BCUT2D eigenvalue weighted by Gasteiger charge is 2.38. The van der Waals surface area contributed by atoms with Crippen molar-refractivity contribution in [2.24, 2.45) is 5.92 Å². The molecule has 0 aliphatic carbocycles. The van der Waals surface area contributed by atoms with Crippen LogP contribution in [0.1, 0.15) is 39.0 Å². The molecule has 2 N–H and O–H groups in total. The molecule has 0 bridgehead atoms. The molecule has 5 nitrogen and oxygen atoms in total. The fraction of sp³-hybridized carbons (Fsp3) is 0.846. The molecule has 1 amide bonds. The highest BCUT2D eigenvalue weighted by molar-refractivity contribution is 5.77. The summed E-state index contributed by atoms with van der Waals surface area (Å²) in [6, 6.07) is -0.328. The third kappa shape index (κ3) is 2.83. The zero-order chi connectivity index (χ0) is 13.1. The number of rotatable bonds is 2. The number of hydrogen-bond acceptors (Lipinski definition) is 3. The molecular formula is C13H22N2O3. The molecule has 18 heavy (non-hydrogen) atoms. The number of nitrogens with zero attached hydrogens (tertiary/aromatic N) is 1. The summed E-state index contributed by atoms with van der Waals surface area (Å²) in [5.41, 5.74) is 0. The molecule has 5 heteroatoms. The zero-order valence-corrected chi connectivity index (χ0v) is 10.9. The SMILES string of the molecule is CC1CCCN(C2CCCNC(=O)C2)C1C(=O)O. The van der Waals surface area contributed by atoms with Crippen LogP contribution < -0.4 is 5.32 Å². The molecule has 0 saturated carbocycles. The molecule has 3 atom stereocenters. The van der Waals surface area contributed by atoms with Crippen molar-refractivity contribution in [3.8, 4) is 0 Å². The molecule has 0 spiro atoms. The van der Waals surface area contributed by atoms with Gasteiger partial charge in [-0.1, -0.05) is 6.92 Å². The number of carboxylic acid groups (broad SMARTS) is 1. The number of carboxylic acids is 1. The average Bonchev–Trinajstić information content (AvgIpc) is 2.53. The van der Waals surface area contributed by atoms with E-state index in [1.54, 1.807) is 0 Å². The second-order valence-corrected chi connectivity index (χ2v) is 5.49. The fourth-order valence-electron chi connectivity index (χ4n) is 3.25. The normalized spacial score (nSPS) is 34.7. The maximum atomic E-state index is 11.6. The summed E-state index contributed by atoms with van der Waals surface area (Å²) >= 11 is 0. The number of amides is 1. The fourth-order valence-corrected chi connectivity index (χ4v) is 3.25. The summed E-state index contributed by atoms with van der Waals surface area (Å²) in [6.45, 7) is 3.53. The van der Waals surface area contributed by atoms with Gasteiger partial charge in [-0.3, -0.25) is 14.5 Å². The number of aliphatic carboxylic acids is 1. The van der Waals surface area contributed by atoms with Crippen LogP contribution in [0.15, 0.2) is 0 Å². The zero-order valence-electron chi connectivity index (χ0n) is 10.9. The summed E-state index contributed by atoms with van der Waals surface area (Å²) in [7, 11) is 0. The van der Waals surface area contributed by atoms with Crippen molar-refractivity contribution >= 4 is 11.9 Å². The predicted octanol–water partition coefficient (Wildman–Crippen LogP) is 0.840. The van der Waals surface area contributed by atoms with E-state index in [1.807, 2.05) is 6.92 Å². The summed E-state index contributed by atoms with van der Waals surface area (Å²) in [5.74, 6) is -0.519. The third-order valence-electron chi connectivity index (χ3n) is 4.15. The van der Waals surface area contributed by atoms with Gasteiger partial charge in [0.25, 0.3) is 0 Å². The first-order valence-electron chi connectivity index (χ1n) is 6.85. The molecule has 0 aromatic carbocycles. The summed E-state index contributed by atoms with van der Waals surface area (Å²) in [6.07, 6.45) is 4.29. The largest absolute Gasteiger partial charge is 0.480 e. The van der Waals surface area contributed by atoms with Crippen LogP contribution in [0.5, 0.6) is 0 Å². The van der Waals surface area contributed by atoms with Crippen molar-refractivity contribution in [2.45, 2.75) is 51.1 Å². The predicted molar refractivity (Wildman–Crippen MR) is 67.2 cm³/mol. The Morgan fingerprint density at radius 3 is 2.89 bits per heavy atom. The highest BCUT2D eigenvalue weighted by atomic mass is 16.4. The van der Waals surface area contributed by atoms with Crippen molar-refractivity contribution in [1.29, 1.82) is 0 Å². The van der Waals surface area contributed by atoms with Gasteiger partial charge >= 0.3 is 5.97 Å². The van der Waals surface area contributed by atoms with Gasteiger partial charge in [-0.2, -0.15) is 0 Å². The van der Waals surface area contributed by atoms with Crippen LogP contribution in [0.3, 0.4) is 0 Å². The number of likely N-dealkylation sites (tertiary alicyclic amines) is 1. The minimum Gasteiger partial charge on any atom is -0.480 e. The summed E-state index contributed by atoms with van der Waals surface area (Å²) in [4.78, 5) is 25.1. The molecule has 2 aliphatic heterocycles. The first-order valence-corrected chi connectivity index (χ1v) is 6.85. The lowest BCUT2D eigenvalue weighted by Gasteiger charge is -2.41. The van der Waals surface area contributed by atoms with E-state index in [2.05, 4.69) is 10.2 Å². The molecule has 0 radical (unpaired) electrons. The highest BCUT2D eigenvalue weighted by Crippen LogP contribution is 2.28. The molecule has 2 aliphatic rings. The molecular weight excluding hydrogens is 232 g/mol. The Hall–Kier alpha value is -1.10. The van der Waals surface area contributed by atoms with E-state index in [-0.39, 0.29) is 17.9 Å². The van der Waals surface area contributed by atoms with Gasteiger partial charge in [-0.15, -0.1) is 0 Å². The maximum absolute atomic E-state index is 11.6. The van der Waals surface area contributed by atoms with Crippen molar-refractivity contribution in [2.75, 3.05) is 13.1 Å². The topological polar surface area (TPSA) is 69.6 Å². The number of hydrogen-bond donors (Lipinski definition) is 2. The van der Waals surface area contributed by atoms with Gasteiger partial charge < -0.3 is 10.4 Å². The lowest BCUT2D eigenvalue weighted by atomic mass is 9.88. The van der Waals surface area contributed by atoms with Crippen molar-refractivity contribution in [3.63, 3.8) is 0 Å². The van der Waals surface area contributed by atoms with E-state index >= 15 is 0 Å². The minimum atomic E-state index is -0.744. The molecule has 2 heterocycles. The standard InChI is InChI=1S/C13H22N2O3/c1-9-4-3-7-15(12(9)13(17)18)10-5-2-6-14-11(16)8-10/h9-10,12H,2-8H2,1H3,(H,14,16)(H,17,18). The van der Waals surface area contributed by atoms with E-state index in [9.17, 15) is 14.7 Å². The summed E-state index contributed by atoms with van der Waals surface area (Å²) < 4.78 is 0. The third-order valence-corrected chi connectivity index (χ3v) is 4.15. The molecule has 2 rings (SSSR count). The number of carbonyl (C=O) groups excluding carboxylic acids is 1. The number of nitrogens with one attached hydrogen (secondary N) is 1. The van der Waals surface area contributed by atoms with E-state index in [1.165, 1.54) is 0 Å². The number of piperidine rings is 1. The van der Waals surface area contributed by atoms with Crippen LogP contribution in [-0.2, 0) is 9.59 Å². The van der Waals surface area contributed by atoms with Crippen LogP contribution in [0.2, 0.25) is 0 Å². The maximum Gasteiger partial charge on any atom is 0.321 e. The first kappa shape index (κ1) is 13.3. The van der Waals surface area contributed by atoms with Gasteiger partial charge in [-0.05, 0) is 38.1 Å². The van der Waals surface area contributed by atoms with Crippen LogP contribution in [-0.4, -0.2) is 47.1 Å². The Morgan fingerprint density at radius 1 is 1.39 bits per heavy atom. The monoisotopic (exact) mass is 254 g/mol. The van der Waals surface area contributed by atoms with E-state index in [4.69, 9.17) is 0 Å². The summed E-state index contributed by atoms with van der Waals surface area (Å²) in [5, 5.41) is 12.3. The second-order valence-electron chi connectivity index (χ2n) is 5.49. The Morgan fingerprint density at radius 2 is 2.17 bits per heavy atom. The molecule has 102 valence electrons. The Kier molecular flexibility index (Phi) is 4.22. The molecule has 3 unspecified atom stereocenters. The van der Waals surface area contributed by atoms with E-state index < -0.39 is 12.0 Å². The molecule has 0 aromatic heterocycles. The Balaban J connectivity index is 2.12. The average molecular weight is 254 g/mol.